The number of nitrogens with zero attached hydrogens (tertiary/aromatic N) is 3. The highest BCUT2D eigenvalue weighted by atomic mass is 16.6. The number of aliphatic carboxylic acids is 1. The summed E-state index contributed by atoms with van der Waals surface area (Å²) in [5.74, 6) is -1.43. The van der Waals surface area contributed by atoms with Crippen LogP contribution in [0.3, 0.4) is 0 Å². The average molecular weight is 334 g/mol. The van der Waals surface area contributed by atoms with Crippen molar-refractivity contribution in [2.24, 2.45) is 0 Å². The molecule has 0 fully saturated rings. The fourth-order valence-corrected chi connectivity index (χ4v) is 1.93. The molecule has 0 bridgehead atoms. The molecule has 0 spiro atoms. The molecule has 0 aliphatic carbocycles. The van der Waals surface area contributed by atoms with Gasteiger partial charge in [0.25, 0.3) is 11.6 Å². The van der Waals surface area contributed by atoms with Crippen LogP contribution in [0.15, 0.2) is 30.6 Å². The third-order valence-corrected chi connectivity index (χ3v) is 2.92. The maximum absolute atomic E-state index is 12.1. The van der Waals surface area contributed by atoms with Gasteiger partial charge in [-0.3, -0.25) is 24.4 Å². The molecule has 0 saturated carbocycles. The summed E-state index contributed by atoms with van der Waals surface area (Å²) >= 11 is 0. The zero-order valence-corrected chi connectivity index (χ0v) is 12.6. The van der Waals surface area contributed by atoms with Gasteiger partial charge in [0.1, 0.15) is 18.0 Å². The maximum atomic E-state index is 12.1. The van der Waals surface area contributed by atoms with Crippen LogP contribution in [0, 0.1) is 10.1 Å². The van der Waals surface area contributed by atoms with Gasteiger partial charge in [-0.1, -0.05) is 0 Å². The van der Waals surface area contributed by atoms with E-state index in [9.17, 15) is 19.7 Å². The third kappa shape index (κ3) is 4.06. The molecule has 2 aromatic rings. The molecule has 10 heteroatoms. The van der Waals surface area contributed by atoms with Gasteiger partial charge in [-0.25, -0.2) is 0 Å². The largest absolute Gasteiger partial charge is 0.494 e. The fourth-order valence-electron chi connectivity index (χ4n) is 1.93. The van der Waals surface area contributed by atoms with Crippen molar-refractivity contribution in [1.82, 2.24) is 9.78 Å². The first-order valence-electron chi connectivity index (χ1n) is 6.87. The number of nitro groups is 1. The maximum Gasteiger partial charge on any atom is 0.325 e. The lowest BCUT2D eigenvalue weighted by molar-refractivity contribution is -0.384. The van der Waals surface area contributed by atoms with Gasteiger partial charge in [0.2, 0.25) is 0 Å². The molecular weight excluding hydrogens is 320 g/mol. The standard InChI is InChI=1S/C14H14N4O6/c1-2-24-10-3-4-11(12(5-10)18(22)23)16-14(21)9-6-15-17(7-9)8-13(19)20/h3-7H,2,8H2,1H3,(H,16,21)(H,19,20). The van der Waals surface area contributed by atoms with E-state index < -0.39 is 23.3 Å². The monoisotopic (exact) mass is 334 g/mol. The SMILES string of the molecule is CCOc1ccc(NC(=O)c2cnn(CC(=O)O)c2)c([N+](=O)[O-])c1. The Morgan fingerprint density at radius 3 is 2.83 bits per heavy atom. The lowest BCUT2D eigenvalue weighted by Crippen LogP contribution is -2.13. The highest BCUT2D eigenvalue weighted by molar-refractivity contribution is 6.05. The van der Waals surface area contributed by atoms with Crippen LogP contribution < -0.4 is 10.1 Å². The van der Waals surface area contributed by atoms with E-state index in [2.05, 4.69) is 10.4 Å². The lowest BCUT2D eigenvalue weighted by Gasteiger charge is -2.07. The van der Waals surface area contributed by atoms with Crippen molar-refractivity contribution in [3.63, 3.8) is 0 Å². The molecule has 1 aromatic carbocycles. The molecule has 0 radical (unpaired) electrons. The number of aromatic nitrogens is 2. The van der Waals surface area contributed by atoms with Crippen LogP contribution in [0.4, 0.5) is 11.4 Å². The first-order chi connectivity index (χ1) is 11.4. The van der Waals surface area contributed by atoms with E-state index in [1.54, 1.807) is 6.92 Å². The van der Waals surface area contributed by atoms with Crippen molar-refractivity contribution >= 4 is 23.3 Å². The van der Waals surface area contributed by atoms with Crippen LogP contribution in [0.5, 0.6) is 5.75 Å². The van der Waals surface area contributed by atoms with Gasteiger partial charge in [-0.05, 0) is 19.1 Å². The van der Waals surface area contributed by atoms with Crippen molar-refractivity contribution in [1.29, 1.82) is 0 Å². The number of carboxylic acid groups (broad SMARTS) is 1. The summed E-state index contributed by atoms with van der Waals surface area (Å²) in [5.41, 5.74) is -0.230. The van der Waals surface area contributed by atoms with E-state index in [1.165, 1.54) is 30.6 Å². The molecule has 2 rings (SSSR count). The van der Waals surface area contributed by atoms with Gasteiger partial charge in [0, 0.05) is 6.20 Å². The van der Waals surface area contributed by atoms with E-state index >= 15 is 0 Å². The van der Waals surface area contributed by atoms with Gasteiger partial charge >= 0.3 is 5.97 Å². The predicted molar refractivity (Wildman–Crippen MR) is 82.1 cm³/mol. The molecule has 0 saturated heterocycles. The Bertz CT molecular complexity index is 785. The second-order valence-electron chi connectivity index (χ2n) is 4.64. The van der Waals surface area contributed by atoms with Crippen LogP contribution in [0.25, 0.3) is 0 Å². The summed E-state index contributed by atoms with van der Waals surface area (Å²) in [5, 5.41) is 26.0. The number of anilines is 1. The molecule has 1 amide bonds. The number of ether oxygens (including phenoxy) is 1. The number of nitrogens with one attached hydrogen (secondary N) is 1. The molecule has 126 valence electrons. The molecule has 10 nitrogen and oxygen atoms in total. The number of carbonyl (C=O) groups is 2. The van der Waals surface area contributed by atoms with Gasteiger partial charge in [-0.15, -0.1) is 0 Å². The third-order valence-electron chi connectivity index (χ3n) is 2.92. The Hall–Kier alpha value is -3.43. The van der Waals surface area contributed by atoms with Crippen molar-refractivity contribution < 1.29 is 24.4 Å². The zero-order valence-electron chi connectivity index (χ0n) is 12.6. The first kappa shape index (κ1) is 16.9. The molecule has 0 aliphatic rings. The molecule has 1 heterocycles. The second kappa shape index (κ2) is 7.22. The summed E-state index contributed by atoms with van der Waals surface area (Å²) in [4.78, 5) is 33.2. The molecule has 2 N–H and O–H groups in total. The summed E-state index contributed by atoms with van der Waals surface area (Å²) in [6.45, 7) is 1.71. The Labute approximate surface area is 135 Å². The van der Waals surface area contributed by atoms with E-state index in [0.29, 0.717) is 12.4 Å². The van der Waals surface area contributed by atoms with Gasteiger partial charge in [0.15, 0.2) is 0 Å². The van der Waals surface area contributed by atoms with Crippen LogP contribution in [0.1, 0.15) is 17.3 Å². The van der Waals surface area contributed by atoms with Crippen LogP contribution in [-0.4, -0.2) is 38.3 Å². The molecule has 0 atom stereocenters. The summed E-state index contributed by atoms with van der Waals surface area (Å²) in [6, 6.07) is 4.08. The number of nitro benzene ring substituents is 1. The fraction of sp³-hybridized carbons (Fsp3) is 0.214. The van der Waals surface area contributed by atoms with E-state index in [1.807, 2.05) is 0 Å². The Morgan fingerprint density at radius 2 is 2.21 bits per heavy atom. The first-order valence-corrected chi connectivity index (χ1v) is 6.87. The van der Waals surface area contributed by atoms with Crippen molar-refractivity contribution in [2.45, 2.75) is 13.5 Å². The number of hydrogen-bond donors (Lipinski definition) is 2. The average Bonchev–Trinajstić information content (AvgIpc) is 2.96. The van der Waals surface area contributed by atoms with Crippen molar-refractivity contribution in [3.8, 4) is 5.75 Å². The van der Waals surface area contributed by atoms with E-state index in [0.717, 1.165) is 4.68 Å². The van der Waals surface area contributed by atoms with Crippen LogP contribution >= 0.6 is 0 Å². The van der Waals surface area contributed by atoms with Crippen molar-refractivity contribution in [2.75, 3.05) is 11.9 Å². The van der Waals surface area contributed by atoms with Gasteiger partial charge < -0.3 is 15.2 Å². The zero-order chi connectivity index (χ0) is 17.7. The molecule has 0 aliphatic heterocycles. The van der Waals surface area contributed by atoms with Gasteiger partial charge in [0.05, 0.1) is 29.4 Å². The molecule has 1 aromatic heterocycles. The smallest absolute Gasteiger partial charge is 0.325 e. The summed E-state index contributed by atoms with van der Waals surface area (Å²) in [7, 11) is 0. The Kier molecular flexibility index (Phi) is 5.09. The topological polar surface area (TPSA) is 137 Å². The normalized spacial score (nSPS) is 10.2. The minimum atomic E-state index is -1.10. The molecular formula is C14H14N4O6. The van der Waals surface area contributed by atoms with Crippen LogP contribution in [-0.2, 0) is 11.3 Å². The number of amides is 1. The van der Waals surface area contributed by atoms with E-state index in [-0.39, 0.29) is 16.9 Å². The van der Waals surface area contributed by atoms with Crippen molar-refractivity contribution in [3.05, 3.63) is 46.3 Å². The lowest BCUT2D eigenvalue weighted by atomic mass is 10.2. The Balaban J connectivity index is 2.20. The number of hydrogen-bond acceptors (Lipinski definition) is 6. The number of carboxylic acids is 1. The molecule has 0 unspecified atom stereocenters. The second-order valence-corrected chi connectivity index (χ2v) is 4.64. The van der Waals surface area contributed by atoms with Crippen LogP contribution in [0.2, 0.25) is 0 Å². The predicted octanol–water partition coefficient (Wildman–Crippen LogP) is 1.53. The number of rotatable bonds is 7. The quantitative estimate of drug-likeness (QED) is 0.578. The Morgan fingerprint density at radius 1 is 1.46 bits per heavy atom. The molecule has 24 heavy (non-hydrogen) atoms. The minimum Gasteiger partial charge on any atom is -0.494 e. The number of carbonyl (C=O) groups excluding carboxylic acids is 1. The van der Waals surface area contributed by atoms with E-state index in [4.69, 9.17) is 9.84 Å². The highest BCUT2D eigenvalue weighted by Crippen LogP contribution is 2.29. The number of benzene rings is 1. The minimum absolute atomic E-state index is 0.000521. The van der Waals surface area contributed by atoms with Gasteiger partial charge in [-0.2, -0.15) is 5.10 Å². The summed E-state index contributed by atoms with van der Waals surface area (Å²) < 4.78 is 6.27. The summed E-state index contributed by atoms with van der Waals surface area (Å²) in [6.07, 6.45) is 2.42. The highest BCUT2D eigenvalue weighted by Gasteiger charge is 2.19.